The molecule has 4 rings (SSSR count). The summed E-state index contributed by atoms with van der Waals surface area (Å²) >= 11 is 9.42. The summed E-state index contributed by atoms with van der Waals surface area (Å²) < 4.78 is 34.5. The van der Waals surface area contributed by atoms with Crippen molar-refractivity contribution in [3.8, 4) is 5.75 Å². The van der Waals surface area contributed by atoms with E-state index in [-0.39, 0.29) is 40.2 Å². The zero-order valence-corrected chi connectivity index (χ0v) is 24.8. The van der Waals surface area contributed by atoms with E-state index in [0.717, 1.165) is 28.0 Å². The monoisotopic (exact) mass is 591 g/mol. The van der Waals surface area contributed by atoms with Crippen LogP contribution in [-0.4, -0.2) is 21.4 Å². The van der Waals surface area contributed by atoms with Crippen molar-refractivity contribution in [2.75, 3.05) is 7.11 Å². The Morgan fingerprint density at radius 1 is 1.03 bits per heavy atom. The quantitative estimate of drug-likeness (QED) is 0.188. The minimum Gasteiger partial charge on any atom is -0.858 e. The first-order valence-electron chi connectivity index (χ1n) is 10.5. The van der Waals surface area contributed by atoms with E-state index in [0.29, 0.717) is 21.5 Å². The molecule has 4 aromatic carbocycles. The van der Waals surface area contributed by atoms with Crippen LogP contribution in [0.5, 0.6) is 5.75 Å². The van der Waals surface area contributed by atoms with E-state index in [4.69, 9.17) is 16.3 Å². The topological polar surface area (TPSA) is 78.8 Å². The summed E-state index contributed by atoms with van der Waals surface area (Å²) in [7, 11) is -2.93. The Hall–Kier alpha value is -2.13. The van der Waals surface area contributed by atoms with Crippen LogP contribution in [0.1, 0.15) is 16.7 Å². The first-order valence-corrected chi connectivity index (χ1v) is 13.2. The van der Waals surface area contributed by atoms with Crippen LogP contribution in [0.4, 0.5) is 0 Å². The van der Waals surface area contributed by atoms with Crippen LogP contribution in [-0.2, 0) is 16.4 Å². The van der Waals surface area contributed by atoms with E-state index in [1.807, 2.05) is 18.2 Å². The molecule has 0 aliphatic carbocycles. The molecule has 0 saturated heterocycles. The van der Waals surface area contributed by atoms with E-state index < -0.39 is 15.9 Å². The van der Waals surface area contributed by atoms with Gasteiger partial charge in [-0.05, 0) is 70.3 Å². The smallest absolute Gasteiger partial charge is 0.858 e. The molecule has 0 aliphatic rings. The fourth-order valence-electron chi connectivity index (χ4n) is 3.66. The molecule has 0 aliphatic heterocycles. The molecule has 0 radical (unpaired) electrons. The number of hydrogen-bond acceptors (Lipinski definition) is 4. The van der Waals surface area contributed by atoms with Gasteiger partial charge in [-0.15, -0.1) is 0 Å². The third-order valence-corrected chi connectivity index (χ3v) is 7.36. The fraction of sp³-hybridized carbons (Fsp3) is 0.0741. The summed E-state index contributed by atoms with van der Waals surface area (Å²) in [4.78, 5) is -0.198. The van der Waals surface area contributed by atoms with Gasteiger partial charge in [0.05, 0.1) is 7.11 Å². The zero-order chi connectivity index (χ0) is 25.0. The first kappa shape index (κ1) is 28.4. The second-order valence-corrected chi connectivity index (χ2v) is 10.7. The van der Waals surface area contributed by atoms with Crippen LogP contribution in [0.2, 0.25) is 5.02 Å². The zero-order valence-electron chi connectivity index (χ0n) is 19.6. The molecule has 0 saturated carbocycles. The Kier molecular flexibility index (Phi) is 9.80. The Labute approximate surface area is 246 Å². The van der Waals surface area contributed by atoms with Crippen LogP contribution >= 0.6 is 27.5 Å². The molecular weight excluding hydrogens is 573 g/mol. The summed E-state index contributed by atoms with van der Waals surface area (Å²) in [6.07, 6.45) is 3.26. The van der Waals surface area contributed by atoms with Gasteiger partial charge in [-0.2, -0.15) is 12.8 Å². The predicted molar refractivity (Wildman–Crippen MR) is 143 cm³/mol. The fourth-order valence-corrected chi connectivity index (χ4v) is 5.43. The predicted octanol–water partition coefficient (Wildman–Crippen LogP) is 3.02. The summed E-state index contributed by atoms with van der Waals surface area (Å²) in [5, 5.41) is 15.3. The molecule has 0 bridgehead atoms. The van der Waals surface area contributed by atoms with Gasteiger partial charge in [0.1, 0.15) is 10.6 Å². The molecule has 0 spiro atoms. The molecule has 178 valence electrons. The number of nitrogens with zero attached hydrogens (tertiary/aromatic N) is 1. The normalized spacial score (nSPS) is 12.0. The molecule has 0 unspecified atom stereocenters. The maximum Gasteiger partial charge on any atom is 1.00 e. The van der Waals surface area contributed by atoms with Crippen molar-refractivity contribution >= 4 is 60.3 Å². The van der Waals surface area contributed by atoms with Crippen LogP contribution in [0.15, 0.2) is 98.7 Å². The maximum atomic E-state index is 12.7. The number of ether oxygens (including phenoxy) is 1. The maximum absolute atomic E-state index is 12.7. The van der Waals surface area contributed by atoms with Crippen molar-refractivity contribution in [1.29, 1.82) is 0 Å². The van der Waals surface area contributed by atoms with Gasteiger partial charge in [-0.25, -0.2) is 0 Å². The number of benzene rings is 4. The summed E-state index contributed by atoms with van der Waals surface area (Å²) in [5.74, 6) is -0.815. The van der Waals surface area contributed by atoms with Crippen LogP contribution in [0, 0.1) is 0 Å². The van der Waals surface area contributed by atoms with E-state index >= 15 is 0 Å². The van der Waals surface area contributed by atoms with Crippen molar-refractivity contribution in [1.82, 2.24) is 0 Å². The van der Waals surface area contributed by atoms with Crippen LogP contribution in [0.25, 0.3) is 16.8 Å². The second-order valence-electron chi connectivity index (χ2n) is 7.73. The Balaban J connectivity index is 0.00000361. The van der Waals surface area contributed by atoms with Gasteiger partial charge in [0, 0.05) is 15.4 Å². The summed E-state index contributed by atoms with van der Waals surface area (Å²) in [5.41, 5.74) is 2.73. The number of rotatable bonds is 7. The van der Waals surface area contributed by atoms with Crippen molar-refractivity contribution in [3.63, 3.8) is 0 Å². The molecule has 0 amide bonds. The number of methoxy groups -OCH3 is 1. The Bertz CT molecular complexity index is 1570. The third-order valence-electron chi connectivity index (χ3n) is 5.34. The van der Waals surface area contributed by atoms with E-state index in [1.165, 1.54) is 25.3 Å². The number of hydrogen-bond donors (Lipinski definition) is 0. The number of fused-ring (bicyclic) bond motifs is 1. The first-order chi connectivity index (χ1) is 16.7. The van der Waals surface area contributed by atoms with Gasteiger partial charge >= 0.3 is 29.6 Å². The molecule has 0 fully saturated rings. The Morgan fingerprint density at radius 3 is 2.53 bits per heavy atom. The molecule has 9 heteroatoms. The molecule has 0 N–H and O–H groups in total. The number of halogens is 2. The third kappa shape index (κ3) is 7.00. The largest absolute Gasteiger partial charge is 1.00 e. The SMILES string of the molecule is COc1ccc(Br)cc1S(=O)(=O)/N=C([O-])/C=C/c1cc(Cl)ccc1Cc1ccc2ccccc2c1.[Na+]. The number of sulfonamides is 1. The summed E-state index contributed by atoms with van der Waals surface area (Å²) in [6, 6.07) is 24.2. The van der Waals surface area contributed by atoms with Gasteiger partial charge < -0.3 is 9.84 Å². The van der Waals surface area contributed by atoms with Crippen molar-refractivity contribution in [3.05, 3.63) is 111 Å². The van der Waals surface area contributed by atoms with Crippen molar-refractivity contribution in [2.24, 2.45) is 4.40 Å². The van der Waals surface area contributed by atoms with Crippen LogP contribution in [0.3, 0.4) is 0 Å². The molecule has 36 heavy (non-hydrogen) atoms. The second kappa shape index (κ2) is 12.4. The van der Waals surface area contributed by atoms with Gasteiger partial charge in [0.2, 0.25) is 0 Å². The molecule has 0 aromatic heterocycles. The van der Waals surface area contributed by atoms with Crippen LogP contribution < -0.4 is 39.4 Å². The molecule has 0 heterocycles. The van der Waals surface area contributed by atoms with Gasteiger partial charge in [0.15, 0.2) is 0 Å². The Morgan fingerprint density at radius 2 is 1.78 bits per heavy atom. The molecule has 5 nitrogen and oxygen atoms in total. The molecule has 0 atom stereocenters. The minimum absolute atomic E-state index is 0. The minimum atomic E-state index is -4.27. The van der Waals surface area contributed by atoms with E-state index in [9.17, 15) is 13.5 Å². The van der Waals surface area contributed by atoms with Crippen molar-refractivity contribution in [2.45, 2.75) is 11.3 Å². The van der Waals surface area contributed by atoms with E-state index in [1.54, 1.807) is 18.2 Å². The molecule has 4 aromatic rings. The average molecular weight is 593 g/mol. The summed E-state index contributed by atoms with van der Waals surface area (Å²) in [6.45, 7) is 0. The van der Waals surface area contributed by atoms with Gasteiger partial charge in [-0.1, -0.05) is 82.1 Å². The van der Waals surface area contributed by atoms with E-state index in [2.05, 4.69) is 50.7 Å². The standard InChI is InChI=1S/C27H21BrClNO4S.Na/c1-34-25-12-10-23(28)17-26(25)35(32,33)30-27(31)13-9-22-16-24(29)11-8-21(22)15-18-6-7-19-4-2-3-5-20(19)14-18;/h2-14,16-17H,15H2,1H3,(H,30,31);/q;+1/p-1/b13-9+;. The van der Waals surface area contributed by atoms with Crippen molar-refractivity contribution < 1.29 is 47.8 Å². The van der Waals surface area contributed by atoms with Gasteiger partial charge in [0.25, 0.3) is 10.0 Å². The average Bonchev–Trinajstić information content (AvgIpc) is 2.84. The van der Waals surface area contributed by atoms with Gasteiger partial charge in [-0.3, -0.25) is 0 Å². The molecular formula is C27H20BrClNNaO4S.